The number of hydrogen-bond acceptors (Lipinski definition) is 2. The second-order valence-electron chi connectivity index (χ2n) is 4.87. The summed E-state index contributed by atoms with van der Waals surface area (Å²) in [6, 6.07) is 9.20. The van der Waals surface area contributed by atoms with Crippen LogP contribution < -0.4 is 5.32 Å². The normalized spacial score (nSPS) is 12.0. The minimum atomic E-state index is -1.04. The summed E-state index contributed by atoms with van der Waals surface area (Å²) in [4.78, 5) is 11.2. The van der Waals surface area contributed by atoms with Gasteiger partial charge in [-0.2, -0.15) is 0 Å². The van der Waals surface area contributed by atoms with Crippen LogP contribution in [-0.2, 0) is 0 Å². The molecule has 0 aliphatic rings. The van der Waals surface area contributed by atoms with Crippen molar-refractivity contribution < 1.29 is 14.3 Å². The third-order valence-electron chi connectivity index (χ3n) is 3.28. The first-order valence-corrected chi connectivity index (χ1v) is 6.81. The molecule has 2 N–H and O–H groups in total. The van der Waals surface area contributed by atoms with Gasteiger partial charge in [-0.05, 0) is 49.2 Å². The predicted molar refractivity (Wildman–Crippen MR) is 81.6 cm³/mol. The van der Waals surface area contributed by atoms with E-state index >= 15 is 0 Å². The third-order valence-corrected chi connectivity index (χ3v) is 3.52. The quantitative estimate of drug-likeness (QED) is 0.863. The second-order valence-corrected chi connectivity index (χ2v) is 5.31. The van der Waals surface area contributed by atoms with Crippen LogP contribution in [0.3, 0.4) is 0 Å². The maximum atomic E-state index is 13.6. The molecule has 0 heterocycles. The van der Waals surface area contributed by atoms with E-state index in [1.54, 1.807) is 25.1 Å². The van der Waals surface area contributed by atoms with Gasteiger partial charge in [-0.1, -0.05) is 23.7 Å². The molecule has 0 bridgehead atoms. The number of carboxylic acid groups (broad SMARTS) is 1. The Bertz CT molecular complexity index is 688. The number of aromatic carboxylic acids is 1. The summed E-state index contributed by atoms with van der Waals surface area (Å²) in [5.41, 5.74) is 1.83. The van der Waals surface area contributed by atoms with E-state index in [1.165, 1.54) is 18.2 Å². The van der Waals surface area contributed by atoms with Crippen molar-refractivity contribution in [3.05, 3.63) is 63.9 Å². The Morgan fingerprint density at radius 2 is 2.00 bits per heavy atom. The van der Waals surface area contributed by atoms with Crippen LogP contribution in [0, 0.1) is 12.7 Å². The summed E-state index contributed by atoms with van der Waals surface area (Å²) in [5, 5.41) is 12.7. The number of carbonyl (C=O) groups is 1. The van der Waals surface area contributed by atoms with E-state index in [1.807, 2.05) is 6.92 Å². The highest BCUT2D eigenvalue weighted by molar-refractivity contribution is 6.31. The molecule has 0 spiro atoms. The fraction of sp³-hybridized carbons (Fsp3) is 0.188. The molecule has 2 aromatic carbocycles. The number of aryl methyl sites for hydroxylation is 1. The summed E-state index contributed by atoms with van der Waals surface area (Å²) >= 11 is 5.90. The van der Waals surface area contributed by atoms with E-state index in [2.05, 4.69) is 5.32 Å². The van der Waals surface area contributed by atoms with E-state index in [9.17, 15) is 14.3 Å². The van der Waals surface area contributed by atoms with Crippen LogP contribution in [0.15, 0.2) is 36.4 Å². The van der Waals surface area contributed by atoms with Gasteiger partial charge in [-0.15, -0.1) is 0 Å². The largest absolute Gasteiger partial charge is 0.478 e. The van der Waals surface area contributed by atoms with Crippen molar-refractivity contribution in [2.24, 2.45) is 0 Å². The van der Waals surface area contributed by atoms with Gasteiger partial charge in [0.05, 0.1) is 11.3 Å². The second kappa shape index (κ2) is 6.14. The Labute approximate surface area is 127 Å². The van der Waals surface area contributed by atoms with Crippen molar-refractivity contribution in [2.45, 2.75) is 19.9 Å². The minimum absolute atomic E-state index is 0.124. The van der Waals surface area contributed by atoms with E-state index in [0.29, 0.717) is 16.3 Å². The molecule has 0 saturated heterocycles. The molecule has 0 amide bonds. The van der Waals surface area contributed by atoms with Crippen molar-refractivity contribution in [3.63, 3.8) is 0 Å². The fourth-order valence-electron chi connectivity index (χ4n) is 2.02. The Hall–Kier alpha value is -2.07. The highest BCUT2D eigenvalue weighted by Gasteiger charge is 2.14. The number of carboxylic acids is 1. The van der Waals surface area contributed by atoms with Crippen molar-refractivity contribution >= 4 is 23.3 Å². The first kappa shape index (κ1) is 15.3. The number of hydrogen-bond donors (Lipinski definition) is 2. The summed E-state index contributed by atoms with van der Waals surface area (Å²) in [7, 11) is 0. The first-order valence-electron chi connectivity index (χ1n) is 6.44. The van der Waals surface area contributed by atoms with Gasteiger partial charge in [0.1, 0.15) is 5.82 Å². The molecule has 0 radical (unpaired) electrons. The van der Waals surface area contributed by atoms with E-state index in [4.69, 9.17) is 11.6 Å². The van der Waals surface area contributed by atoms with Crippen LogP contribution in [0.5, 0.6) is 0 Å². The van der Waals surface area contributed by atoms with Crippen LogP contribution in [0.2, 0.25) is 5.02 Å². The molecule has 110 valence electrons. The lowest BCUT2D eigenvalue weighted by atomic mass is 10.0. The van der Waals surface area contributed by atoms with Crippen molar-refractivity contribution in [3.8, 4) is 0 Å². The number of halogens is 2. The predicted octanol–water partition coefficient (Wildman–Crippen LogP) is 4.66. The van der Waals surface area contributed by atoms with Gasteiger partial charge in [-0.3, -0.25) is 0 Å². The average Bonchev–Trinajstić information content (AvgIpc) is 2.41. The molecule has 1 unspecified atom stereocenters. The van der Waals surface area contributed by atoms with Gasteiger partial charge in [-0.25, -0.2) is 9.18 Å². The number of nitrogens with one attached hydrogen (secondary N) is 1. The van der Waals surface area contributed by atoms with Crippen LogP contribution in [0.4, 0.5) is 10.1 Å². The van der Waals surface area contributed by atoms with Gasteiger partial charge in [0.25, 0.3) is 0 Å². The molecular weight excluding hydrogens is 293 g/mol. The molecule has 2 rings (SSSR count). The molecule has 1 atom stereocenters. The molecule has 21 heavy (non-hydrogen) atoms. The Morgan fingerprint density at radius 1 is 1.29 bits per heavy atom. The van der Waals surface area contributed by atoms with Gasteiger partial charge >= 0.3 is 5.97 Å². The average molecular weight is 308 g/mol. The number of rotatable bonds is 4. The molecule has 0 aromatic heterocycles. The minimum Gasteiger partial charge on any atom is -0.478 e. The van der Waals surface area contributed by atoms with Crippen LogP contribution >= 0.6 is 11.6 Å². The lowest BCUT2D eigenvalue weighted by Gasteiger charge is -2.18. The van der Waals surface area contributed by atoms with E-state index in [-0.39, 0.29) is 17.4 Å². The molecule has 0 saturated carbocycles. The van der Waals surface area contributed by atoms with Gasteiger partial charge in [0.15, 0.2) is 0 Å². The number of anilines is 1. The van der Waals surface area contributed by atoms with Gasteiger partial charge in [0, 0.05) is 11.1 Å². The molecule has 0 fully saturated rings. The van der Waals surface area contributed by atoms with Crippen molar-refractivity contribution in [2.75, 3.05) is 5.32 Å². The summed E-state index contributed by atoms with van der Waals surface area (Å²) in [6.45, 7) is 3.52. The molecule has 2 aromatic rings. The van der Waals surface area contributed by atoms with Crippen LogP contribution in [0.25, 0.3) is 0 Å². The summed E-state index contributed by atoms with van der Waals surface area (Å²) in [6.07, 6.45) is 0. The SMILES string of the molecule is Cc1ccc(C(C)Nc2cc(Cl)ccc2C(=O)O)cc1F. The van der Waals surface area contributed by atoms with Crippen molar-refractivity contribution in [1.29, 1.82) is 0 Å². The molecule has 3 nitrogen and oxygen atoms in total. The zero-order chi connectivity index (χ0) is 15.6. The van der Waals surface area contributed by atoms with E-state index in [0.717, 1.165) is 5.56 Å². The highest BCUT2D eigenvalue weighted by atomic mass is 35.5. The van der Waals surface area contributed by atoms with Gasteiger partial charge in [0.2, 0.25) is 0 Å². The first-order chi connectivity index (χ1) is 9.88. The van der Waals surface area contributed by atoms with Crippen LogP contribution in [-0.4, -0.2) is 11.1 Å². The fourth-order valence-corrected chi connectivity index (χ4v) is 2.19. The molecule has 5 heteroatoms. The molecule has 0 aliphatic carbocycles. The summed E-state index contributed by atoms with van der Waals surface area (Å²) in [5.74, 6) is -1.33. The highest BCUT2D eigenvalue weighted by Crippen LogP contribution is 2.26. The molecule has 0 aliphatic heterocycles. The van der Waals surface area contributed by atoms with E-state index < -0.39 is 5.97 Å². The monoisotopic (exact) mass is 307 g/mol. The lowest BCUT2D eigenvalue weighted by molar-refractivity contribution is 0.0698. The third kappa shape index (κ3) is 3.52. The standard InChI is InChI=1S/C16H15ClFNO2/c1-9-3-4-11(7-14(9)18)10(2)19-15-8-12(17)5-6-13(15)16(20)21/h3-8,10,19H,1-2H3,(H,20,21). The topological polar surface area (TPSA) is 49.3 Å². The lowest BCUT2D eigenvalue weighted by Crippen LogP contribution is -2.11. The zero-order valence-electron chi connectivity index (χ0n) is 11.7. The maximum Gasteiger partial charge on any atom is 0.337 e. The molecular formula is C16H15ClFNO2. The summed E-state index contributed by atoms with van der Waals surface area (Å²) < 4.78 is 13.6. The van der Waals surface area contributed by atoms with Crippen molar-refractivity contribution in [1.82, 2.24) is 0 Å². The zero-order valence-corrected chi connectivity index (χ0v) is 12.4. The Morgan fingerprint density at radius 3 is 2.62 bits per heavy atom. The van der Waals surface area contributed by atoms with Gasteiger partial charge < -0.3 is 10.4 Å². The Balaban J connectivity index is 2.30. The number of benzene rings is 2. The van der Waals surface area contributed by atoms with Crippen LogP contribution in [0.1, 0.15) is 34.5 Å². The smallest absolute Gasteiger partial charge is 0.337 e. The Kier molecular flexibility index (Phi) is 4.48. The maximum absolute atomic E-state index is 13.6.